The van der Waals surface area contributed by atoms with E-state index in [1.54, 1.807) is 30.1 Å². The zero-order valence-electron chi connectivity index (χ0n) is 15.6. The van der Waals surface area contributed by atoms with Gasteiger partial charge in [0.25, 0.3) is 5.89 Å². The van der Waals surface area contributed by atoms with Crippen LogP contribution in [0, 0.1) is 0 Å². The van der Waals surface area contributed by atoms with Crippen LogP contribution in [0.1, 0.15) is 11.3 Å². The molecule has 30 heavy (non-hydrogen) atoms. The fourth-order valence-electron chi connectivity index (χ4n) is 2.74. The van der Waals surface area contributed by atoms with Crippen LogP contribution in [-0.2, 0) is 19.8 Å². The third-order valence-electron chi connectivity index (χ3n) is 4.31. The summed E-state index contributed by atoms with van der Waals surface area (Å²) in [6.45, 7) is 0.0388. The average Bonchev–Trinajstić information content (AvgIpc) is 3.33. The lowest BCUT2D eigenvalue weighted by molar-refractivity contribution is -0.137. The predicted molar refractivity (Wildman–Crippen MR) is 99.9 cm³/mol. The Labute approximate surface area is 168 Å². The van der Waals surface area contributed by atoms with Crippen LogP contribution in [0.3, 0.4) is 0 Å². The molecule has 0 spiro atoms. The lowest BCUT2D eigenvalue weighted by Crippen LogP contribution is -2.06. The van der Waals surface area contributed by atoms with Crippen molar-refractivity contribution in [2.75, 3.05) is 5.73 Å². The number of nitrogen functional groups attached to an aromatic ring is 1. The Bertz CT molecular complexity index is 1170. The minimum Gasteiger partial charge on any atom is -0.487 e. The van der Waals surface area contributed by atoms with Gasteiger partial charge < -0.3 is 15.0 Å². The summed E-state index contributed by atoms with van der Waals surface area (Å²) < 4.78 is 50.6. The molecule has 3 heterocycles. The van der Waals surface area contributed by atoms with Gasteiger partial charge in [-0.3, -0.25) is 4.68 Å². The second-order valence-corrected chi connectivity index (χ2v) is 6.33. The van der Waals surface area contributed by atoms with Gasteiger partial charge in [-0.15, -0.1) is 0 Å². The number of hydrogen-bond acceptors (Lipinski definition) is 7. The molecular weight excluding hydrogens is 401 g/mol. The Hall–Kier alpha value is -3.89. The molecule has 4 aromatic rings. The Morgan fingerprint density at radius 1 is 1.17 bits per heavy atom. The summed E-state index contributed by atoms with van der Waals surface area (Å²) in [5.74, 6) is 1.16. The zero-order chi connectivity index (χ0) is 21.3. The van der Waals surface area contributed by atoms with Crippen molar-refractivity contribution in [2.45, 2.75) is 12.8 Å². The summed E-state index contributed by atoms with van der Waals surface area (Å²) >= 11 is 0. The molecular formula is C19H15F3N6O2. The molecule has 0 aliphatic carbocycles. The molecule has 0 amide bonds. The smallest absolute Gasteiger partial charge is 0.416 e. The van der Waals surface area contributed by atoms with Gasteiger partial charge in [-0.05, 0) is 36.4 Å². The van der Waals surface area contributed by atoms with Crippen LogP contribution in [0.5, 0.6) is 5.75 Å². The Morgan fingerprint density at radius 3 is 2.63 bits per heavy atom. The first-order valence-corrected chi connectivity index (χ1v) is 8.68. The van der Waals surface area contributed by atoms with E-state index in [0.717, 1.165) is 12.1 Å². The molecule has 0 aliphatic rings. The van der Waals surface area contributed by atoms with Crippen LogP contribution >= 0.6 is 0 Å². The molecule has 0 aliphatic heterocycles. The van der Waals surface area contributed by atoms with E-state index in [0.29, 0.717) is 28.5 Å². The highest BCUT2D eigenvalue weighted by Crippen LogP contribution is 2.31. The fraction of sp³-hybridized carbons (Fsp3) is 0.158. The lowest BCUT2D eigenvalue weighted by atomic mass is 10.2. The molecule has 0 saturated heterocycles. The number of aromatic nitrogens is 5. The number of hydrogen-bond donors (Lipinski definition) is 1. The molecule has 0 atom stereocenters. The van der Waals surface area contributed by atoms with Crippen LogP contribution in [0.4, 0.5) is 19.0 Å². The van der Waals surface area contributed by atoms with E-state index < -0.39 is 11.7 Å². The fourth-order valence-corrected chi connectivity index (χ4v) is 2.74. The van der Waals surface area contributed by atoms with Gasteiger partial charge in [0.1, 0.15) is 18.2 Å². The number of ether oxygens (including phenoxy) is 1. The Balaban J connectivity index is 1.54. The number of rotatable bonds is 5. The summed E-state index contributed by atoms with van der Waals surface area (Å²) in [6, 6.07) is 7.76. The van der Waals surface area contributed by atoms with Crippen LogP contribution in [0.2, 0.25) is 0 Å². The highest BCUT2D eigenvalue weighted by molar-refractivity contribution is 5.62. The van der Waals surface area contributed by atoms with E-state index in [1.165, 1.54) is 18.3 Å². The van der Waals surface area contributed by atoms with Crippen molar-refractivity contribution in [1.29, 1.82) is 0 Å². The van der Waals surface area contributed by atoms with Crippen molar-refractivity contribution < 1.29 is 22.4 Å². The van der Waals surface area contributed by atoms with Gasteiger partial charge in [0.05, 0.1) is 23.0 Å². The van der Waals surface area contributed by atoms with Gasteiger partial charge in [-0.25, -0.2) is 4.98 Å². The third kappa shape index (κ3) is 3.95. The van der Waals surface area contributed by atoms with Crippen molar-refractivity contribution in [1.82, 2.24) is 24.9 Å². The van der Waals surface area contributed by atoms with Crippen LogP contribution in [0.25, 0.3) is 22.8 Å². The molecule has 2 N–H and O–H groups in total. The topological polar surface area (TPSA) is 105 Å². The van der Waals surface area contributed by atoms with Crippen molar-refractivity contribution in [3.8, 4) is 28.6 Å². The maximum Gasteiger partial charge on any atom is 0.416 e. The summed E-state index contributed by atoms with van der Waals surface area (Å²) in [5.41, 5.74) is 6.73. The predicted octanol–water partition coefficient (Wildman–Crippen LogP) is 3.71. The molecule has 154 valence electrons. The summed E-state index contributed by atoms with van der Waals surface area (Å²) in [7, 11) is 1.70. The second kappa shape index (κ2) is 7.50. The summed E-state index contributed by atoms with van der Waals surface area (Å²) in [6.07, 6.45) is -1.32. The number of anilines is 1. The molecule has 0 fully saturated rings. The molecule has 8 nitrogen and oxygen atoms in total. The molecule has 1 aromatic carbocycles. The number of pyridine rings is 1. The highest BCUT2D eigenvalue weighted by atomic mass is 19.4. The summed E-state index contributed by atoms with van der Waals surface area (Å²) in [5, 5.41) is 8.13. The largest absolute Gasteiger partial charge is 0.487 e. The van der Waals surface area contributed by atoms with Gasteiger partial charge in [-0.1, -0.05) is 5.16 Å². The normalized spacial score (nSPS) is 11.6. The first-order valence-electron chi connectivity index (χ1n) is 8.68. The van der Waals surface area contributed by atoms with Gasteiger partial charge in [0, 0.05) is 18.8 Å². The average molecular weight is 416 g/mol. The SMILES string of the molecule is Cn1ncc(-c2nc(-c3ccnc(N)c3)no2)c1COc1ccc(C(F)(F)F)cc1. The van der Waals surface area contributed by atoms with E-state index >= 15 is 0 Å². The monoisotopic (exact) mass is 416 g/mol. The molecule has 0 saturated carbocycles. The zero-order valence-corrected chi connectivity index (χ0v) is 15.6. The highest BCUT2D eigenvalue weighted by Gasteiger charge is 2.30. The molecule has 4 rings (SSSR count). The van der Waals surface area contributed by atoms with Crippen molar-refractivity contribution in [3.63, 3.8) is 0 Å². The van der Waals surface area contributed by atoms with Crippen LogP contribution < -0.4 is 10.5 Å². The number of aryl methyl sites for hydroxylation is 1. The van der Waals surface area contributed by atoms with Gasteiger partial charge in [-0.2, -0.15) is 23.3 Å². The maximum atomic E-state index is 12.7. The first-order chi connectivity index (χ1) is 14.3. The van der Waals surface area contributed by atoms with E-state index in [-0.39, 0.29) is 18.2 Å². The minimum atomic E-state index is -4.40. The van der Waals surface area contributed by atoms with Crippen LogP contribution in [-0.4, -0.2) is 24.9 Å². The van der Waals surface area contributed by atoms with Gasteiger partial charge >= 0.3 is 6.18 Å². The van der Waals surface area contributed by atoms with Gasteiger partial charge in [0.2, 0.25) is 5.82 Å². The third-order valence-corrected chi connectivity index (χ3v) is 4.31. The molecule has 11 heteroatoms. The van der Waals surface area contributed by atoms with Crippen molar-refractivity contribution >= 4 is 5.82 Å². The standard InChI is InChI=1S/C19H15F3N6O2/c1-28-15(10-29-13-4-2-12(3-5-13)19(20,21)22)14(9-25-28)18-26-17(27-30-18)11-6-7-24-16(23)8-11/h2-9H,10H2,1H3,(H2,23,24). The quantitative estimate of drug-likeness (QED) is 0.529. The van der Waals surface area contributed by atoms with Crippen LogP contribution in [0.15, 0.2) is 53.3 Å². The number of halogens is 3. The van der Waals surface area contributed by atoms with Crippen molar-refractivity contribution in [3.05, 3.63) is 60.0 Å². The Morgan fingerprint density at radius 2 is 1.93 bits per heavy atom. The van der Waals surface area contributed by atoms with E-state index in [4.69, 9.17) is 15.0 Å². The molecule has 3 aromatic heterocycles. The van der Waals surface area contributed by atoms with Crippen molar-refractivity contribution in [2.24, 2.45) is 7.05 Å². The molecule has 0 radical (unpaired) electrons. The summed E-state index contributed by atoms with van der Waals surface area (Å²) in [4.78, 5) is 8.28. The van der Waals surface area contributed by atoms with E-state index in [9.17, 15) is 13.2 Å². The minimum absolute atomic E-state index is 0.0388. The first kappa shape index (κ1) is 19.4. The maximum absolute atomic E-state index is 12.7. The number of alkyl halides is 3. The number of benzene rings is 1. The molecule has 0 unspecified atom stereocenters. The Kier molecular flexibility index (Phi) is 4.86. The molecule has 0 bridgehead atoms. The lowest BCUT2D eigenvalue weighted by Gasteiger charge is -2.10. The number of nitrogens with zero attached hydrogens (tertiary/aromatic N) is 5. The van der Waals surface area contributed by atoms with E-state index in [1.807, 2.05) is 0 Å². The van der Waals surface area contributed by atoms with E-state index in [2.05, 4.69) is 20.2 Å². The second-order valence-electron chi connectivity index (χ2n) is 6.33. The van der Waals surface area contributed by atoms with Gasteiger partial charge in [0.15, 0.2) is 0 Å². The number of nitrogens with two attached hydrogens (primary N) is 1.